The summed E-state index contributed by atoms with van der Waals surface area (Å²) in [6, 6.07) is 0.505. The lowest BCUT2D eigenvalue weighted by molar-refractivity contribution is -0.143. The average Bonchev–Trinajstić information content (AvgIpc) is 3.05. The summed E-state index contributed by atoms with van der Waals surface area (Å²) >= 11 is 0. The SMILES string of the molecule is C=CC(=O)OCCOCC(COCCOC(=O)C=C)(COCCOC(=O)C=C)COC(=O)NCCC[Si](OCC)(OCC)OCC. The molecule has 16 heteroatoms. The normalized spacial score (nSPS) is 11.3. The minimum absolute atomic E-state index is 0.0204. The Kier molecular flexibility index (Phi) is 25.2. The fourth-order valence-corrected chi connectivity index (χ4v) is 6.27. The molecule has 0 aromatic carbocycles. The number of alkyl carbamates (subject to hydrolysis) is 1. The highest BCUT2D eigenvalue weighted by Crippen LogP contribution is 2.21. The Hall–Kier alpha value is -3.12. The van der Waals surface area contributed by atoms with Crippen molar-refractivity contribution < 1.29 is 65.6 Å². The highest BCUT2D eigenvalue weighted by Gasteiger charge is 2.39. The number of esters is 3. The summed E-state index contributed by atoms with van der Waals surface area (Å²) in [5.41, 5.74) is -1.06. The van der Waals surface area contributed by atoms with E-state index in [-0.39, 0.29) is 72.6 Å². The summed E-state index contributed by atoms with van der Waals surface area (Å²) in [6.07, 6.45) is 2.93. The van der Waals surface area contributed by atoms with Gasteiger partial charge < -0.3 is 51.8 Å². The first-order chi connectivity index (χ1) is 22.1. The minimum atomic E-state index is -2.86. The number of rotatable bonds is 30. The van der Waals surface area contributed by atoms with Gasteiger partial charge in [0, 0.05) is 50.6 Å². The Morgan fingerprint density at radius 3 is 1.35 bits per heavy atom. The molecule has 1 amide bonds. The highest BCUT2D eigenvalue weighted by molar-refractivity contribution is 6.60. The van der Waals surface area contributed by atoms with Crippen molar-refractivity contribution in [1.82, 2.24) is 5.32 Å². The first-order valence-electron chi connectivity index (χ1n) is 15.1. The number of nitrogens with one attached hydrogen (secondary N) is 1. The molecule has 0 fully saturated rings. The van der Waals surface area contributed by atoms with Crippen LogP contribution in [-0.2, 0) is 60.8 Å². The number of ether oxygens (including phenoxy) is 7. The molecule has 0 aliphatic carbocycles. The van der Waals surface area contributed by atoms with E-state index in [0.717, 1.165) is 18.2 Å². The summed E-state index contributed by atoms with van der Waals surface area (Å²) in [6.45, 7) is 16.8. The second kappa shape index (κ2) is 27.0. The van der Waals surface area contributed by atoms with E-state index in [1.165, 1.54) is 0 Å². The fraction of sp³-hybridized carbons (Fsp3) is 0.667. The molecule has 15 nitrogen and oxygen atoms in total. The standard InChI is InChI=1S/C30H51NO14Si/c1-7-26(32)39-18-15-36-22-30(23-37-16-19-40-27(33)8-2,24-38-17-20-41-28(34)9-3)25-42-29(35)31-14-13-21-46(43-10-4,44-11-5)45-12-6/h7-9H,1-3,10-25H2,4-6H3,(H,31,35). The molecule has 0 rings (SSSR count). The van der Waals surface area contributed by atoms with Gasteiger partial charge >= 0.3 is 32.8 Å². The van der Waals surface area contributed by atoms with E-state index < -0.39 is 38.2 Å². The molecule has 264 valence electrons. The summed E-state index contributed by atoms with van der Waals surface area (Å²) < 4.78 is 55.1. The predicted molar refractivity (Wildman–Crippen MR) is 168 cm³/mol. The molecule has 0 aromatic rings. The van der Waals surface area contributed by atoms with Gasteiger partial charge in [0.05, 0.1) is 45.1 Å². The summed E-state index contributed by atoms with van der Waals surface area (Å²) in [4.78, 5) is 46.8. The van der Waals surface area contributed by atoms with Crippen LogP contribution in [0.5, 0.6) is 0 Å². The van der Waals surface area contributed by atoms with Gasteiger partial charge in [0.25, 0.3) is 0 Å². The van der Waals surface area contributed by atoms with Crippen LogP contribution in [0.25, 0.3) is 0 Å². The predicted octanol–water partition coefficient (Wildman–Crippen LogP) is 2.37. The van der Waals surface area contributed by atoms with Crippen molar-refractivity contribution in [2.24, 2.45) is 5.41 Å². The van der Waals surface area contributed by atoms with Crippen molar-refractivity contribution >= 4 is 32.8 Å². The molecule has 0 radical (unpaired) electrons. The third-order valence-corrected chi connectivity index (χ3v) is 8.82. The van der Waals surface area contributed by atoms with Crippen molar-refractivity contribution in [2.45, 2.75) is 33.2 Å². The van der Waals surface area contributed by atoms with Crippen molar-refractivity contribution in [1.29, 1.82) is 0 Å². The molecular weight excluding hydrogens is 626 g/mol. The van der Waals surface area contributed by atoms with Crippen LogP contribution < -0.4 is 5.32 Å². The Balaban J connectivity index is 5.42. The van der Waals surface area contributed by atoms with Gasteiger partial charge in [0.2, 0.25) is 0 Å². The fourth-order valence-electron chi connectivity index (χ4n) is 3.66. The van der Waals surface area contributed by atoms with Crippen molar-refractivity contribution in [3.05, 3.63) is 38.0 Å². The van der Waals surface area contributed by atoms with E-state index in [4.69, 9.17) is 46.4 Å². The van der Waals surface area contributed by atoms with Crippen molar-refractivity contribution in [3.63, 3.8) is 0 Å². The second-order valence-corrected chi connectivity index (χ2v) is 12.1. The maximum atomic E-state index is 12.7. The van der Waals surface area contributed by atoms with Crippen LogP contribution in [0, 0.1) is 5.41 Å². The quantitative estimate of drug-likeness (QED) is 0.0386. The Bertz CT molecular complexity index is 825. The Morgan fingerprint density at radius 2 is 1.00 bits per heavy atom. The molecule has 0 aliphatic rings. The number of hydrogen-bond donors (Lipinski definition) is 1. The summed E-state index contributed by atoms with van der Waals surface area (Å²) in [5.74, 6) is -1.81. The minimum Gasteiger partial charge on any atom is -0.460 e. The van der Waals surface area contributed by atoms with Crippen LogP contribution in [0.4, 0.5) is 4.79 Å². The Morgan fingerprint density at radius 1 is 0.609 bits per heavy atom. The van der Waals surface area contributed by atoms with Crippen LogP contribution in [-0.4, -0.2) is 125 Å². The van der Waals surface area contributed by atoms with Gasteiger partial charge in [-0.05, 0) is 27.2 Å². The molecule has 1 N–H and O–H groups in total. The largest absolute Gasteiger partial charge is 0.500 e. The van der Waals surface area contributed by atoms with Gasteiger partial charge in [-0.2, -0.15) is 0 Å². The van der Waals surface area contributed by atoms with Crippen LogP contribution in [0.1, 0.15) is 27.2 Å². The molecule has 46 heavy (non-hydrogen) atoms. The zero-order chi connectivity index (χ0) is 34.5. The van der Waals surface area contributed by atoms with E-state index in [9.17, 15) is 19.2 Å². The molecule has 0 aromatic heterocycles. The topological polar surface area (TPSA) is 173 Å². The Labute approximate surface area is 272 Å². The van der Waals surface area contributed by atoms with Gasteiger partial charge in [0.15, 0.2) is 0 Å². The van der Waals surface area contributed by atoms with E-state index >= 15 is 0 Å². The highest BCUT2D eigenvalue weighted by atomic mass is 28.4. The molecule has 0 heterocycles. The van der Waals surface area contributed by atoms with Gasteiger partial charge in [-0.25, -0.2) is 19.2 Å². The van der Waals surface area contributed by atoms with E-state index in [0.29, 0.717) is 32.3 Å². The summed E-state index contributed by atoms with van der Waals surface area (Å²) in [5, 5.41) is 2.71. The lowest BCUT2D eigenvalue weighted by Gasteiger charge is -2.32. The zero-order valence-corrected chi connectivity index (χ0v) is 28.4. The molecule has 0 unspecified atom stereocenters. The molecule has 0 saturated carbocycles. The molecule has 0 atom stereocenters. The van der Waals surface area contributed by atoms with Crippen molar-refractivity contribution in [3.8, 4) is 0 Å². The third kappa shape index (κ3) is 20.8. The molecule has 0 bridgehead atoms. The number of amides is 1. The van der Waals surface area contributed by atoms with Crippen LogP contribution in [0.2, 0.25) is 6.04 Å². The molecule has 0 saturated heterocycles. The van der Waals surface area contributed by atoms with Gasteiger partial charge in [-0.3, -0.25) is 0 Å². The van der Waals surface area contributed by atoms with E-state index in [1.807, 2.05) is 20.8 Å². The number of carbonyl (C=O) groups excluding carboxylic acids is 4. The average molecular weight is 678 g/mol. The maximum absolute atomic E-state index is 12.7. The number of carbonyl (C=O) groups is 4. The second-order valence-electron chi connectivity index (χ2n) is 9.36. The van der Waals surface area contributed by atoms with Gasteiger partial charge in [0.1, 0.15) is 26.4 Å². The molecular formula is C30H51NO14Si. The van der Waals surface area contributed by atoms with Crippen LogP contribution >= 0.6 is 0 Å². The molecule has 0 aliphatic heterocycles. The van der Waals surface area contributed by atoms with Gasteiger partial charge in [-0.15, -0.1) is 0 Å². The number of hydrogen-bond acceptors (Lipinski definition) is 14. The zero-order valence-electron chi connectivity index (χ0n) is 27.4. The summed E-state index contributed by atoms with van der Waals surface area (Å²) in [7, 11) is -2.86. The smallest absolute Gasteiger partial charge is 0.460 e. The van der Waals surface area contributed by atoms with Crippen LogP contribution in [0.15, 0.2) is 38.0 Å². The van der Waals surface area contributed by atoms with Gasteiger partial charge in [-0.1, -0.05) is 19.7 Å². The molecule has 0 spiro atoms. The van der Waals surface area contributed by atoms with E-state index in [2.05, 4.69) is 25.1 Å². The van der Waals surface area contributed by atoms with Crippen molar-refractivity contribution in [2.75, 3.05) is 92.4 Å². The lowest BCUT2D eigenvalue weighted by Crippen LogP contribution is -2.46. The lowest BCUT2D eigenvalue weighted by atomic mass is 9.92. The van der Waals surface area contributed by atoms with Crippen LogP contribution in [0.3, 0.4) is 0 Å². The first kappa shape index (κ1) is 42.9. The first-order valence-corrected chi connectivity index (χ1v) is 17.0. The van der Waals surface area contributed by atoms with E-state index in [1.54, 1.807) is 0 Å². The maximum Gasteiger partial charge on any atom is 0.500 e. The monoisotopic (exact) mass is 677 g/mol. The third-order valence-electron chi connectivity index (χ3n) is 5.67.